The van der Waals surface area contributed by atoms with Gasteiger partial charge in [0.2, 0.25) is 0 Å². The lowest BCUT2D eigenvalue weighted by Gasteiger charge is -2.13. The molecule has 0 unspecified atom stereocenters. The first-order chi connectivity index (χ1) is 19.5. The molecule has 40 heavy (non-hydrogen) atoms. The molecule has 0 saturated heterocycles. The van der Waals surface area contributed by atoms with E-state index in [0.717, 1.165) is 61.9 Å². The van der Waals surface area contributed by atoms with E-state index in [4.69, 9.17) is 4.98 Å². The van der Waals surface area contributed by atoms with Crippen molar-refractivity contribution in [3.8, 4) is 21.8 Å². The molecular weight excluding hydrogens is 514 g/mol. The van der Waals surface area contributed by atoms with Crippen LogP contribution in [0.3, 0.4) is 0 Å². The maximum Gasteiger partial charge on any atom is 0.134 e. The highest BCUT2D eigenvalue weighted by Gasteiger charge is 2.15. The lowest BCUT2D eigenvalue weighted by Crippen LogP contribution is -2.02. The summed E-state index contributed by atoms with van der Waals surface area (Å²) in [6.45, 7) is 10.5. The van der Waals surface area contributed by atoms with Gasteiger partial charge in [0.15, 0.2) is 0 Å². The Kier molecular flexibility index (Phi) is 6.91. The molecule has 0 aliphatic heterocycles. The zero-order chi connectivity index (χ0) is 27.5. The van der Waals surface area contributed by atoms with Crippen LogP contribution in [0.1, 0.15) is 16.8 Å². The quantitative estimate of drug-likeness (QED) is 0.174. The summed E-state index contributed by atoms with van der Waals surface area (Å²) in [5, 5.41) is 16.5. The third-order valence-electron chi connectivity index (χ3n) is 6.55. The van der Waals surface area contributed by atoms with Gasteiger partial charge in [-0.2, -0.15) is 5.10 Å². The SMILES string of the molecule is C=C(Cc1ccccc1)Nc1cncc(-c2ccc3[nH]nc(C(=C)Nc4ccnc(-c5cccs5)c4C)c3n2)c1. The predicted octanol–water partition coefficient (Wildman–Crippen LogP) is 7.70. The lowest BCUT2D eigenvalue weighted by atomic mass is 10.1. The van der Waals surface area contributed by atoms with Crippen LogP contribution in [0.2, 0.25) is 0 Å². The van der Waals surface area contributed by atoms with Crippen LogP contribution in [-0.2, 0) is 6.42 Å². The van der Waals surface area contributed by atoms with Crippen molar-refractivity contribution < 1.29 is 0 Å². The fourth-order valence-corrected chi connectivity index (χ4v) is 5.34. The molecule has 0 aliphatic carbocycles. The van der Waals surface area contributed by atoms with Gasteiger partial charge in [0.25, 0.3) is 0 Å². The van der Waals surface area contributed by atoms with Gasteiger partial charge in [-0.05, 0) is 53.8 Å². The zero-order valence-electron chi connectivity index (χ0n) is 22.0. The summed E-state index contributed by atoms with van der Waals surface area (Å²) in [5.41, 5.74) is 10.4. The third kappa shape index (κ3) is 5.25. The summed E-state index contributed by atoms with van der Waals surface area (Å²) in [4.78, 5) is 15.1. The van der Waals surface area contributed by atoms with E-state index < -0.39 is 0 Å². The van der Waals surface area contributed by atoms with Gasteiger partial charge >= 0.3 is 0 Å². The van der Waals surface area contributed by atoms with Gasteiger partial charge in [0, 0.05) is 35.8 Å². The van der Waals surface area contributed by atoms with E-state index in [2.05, 4.69) is 74.5 Å². The second-order valence-corrected chi connectivity index (χ2v) is 10.4. The Morgan fingerprint density at radius 1 is 0.975 bits per heavy atom. The number of aromatic amines is 1. The number of hydrogen-bond donors (Lipinski definition) is 3. The molecule has 0 bridgehead atoms. The Hall–Kier alpha value is -5.08. The number of H-pyrrole nitrogens is 1. The van der Waals surface area contributed by atoms with Crippen molar-refractivity contribution in [3.05, 3.63) is 126 Å². The van der Waals surface area contributed by atoms with Crippen molar-refractivity contribution in [1.29, 1.82) is 0 Å². The molecular formula is C32H27N7S. The van der Waals surface area contributed by atoms with Crippen molar-refractivity contribution in [2.45, 2.75) is 13.3 Å². The number of fused-ring (bicyclic) bond motifs is 1. The van der Waals surface area contributed by atoms with Gasteiger partial charge < -0.3 is 10.6 Å². The molecule has 7 nitrogen and oxygen atoms in total. The van der Waals surface area contributed by atoms with Gasteiger partial charge in [0.05, 0.1) is 39.4 Å². The normalized spacial score (nSPS) is 10.9. The molecule has 5 heterocycles. The lowest BCUT2D eigenvalue weighted by molar-refractivity contribution is 1.10. The van der Waals surface area contributed by atoms with Crippen LogP contribution in [0.25, 0.3) is 38.6 Å². The topological polar surface area (TPSA) is 91.4 Å². The average Bonchev–Trinajstić information content (AvgIpc) is 3.65. The molecule has 0 radical (unpaired) electrons. The number of benzene rings is 1. The predicted molar refractivity (Wildman–Crippen MR) is 165 cm³/mol. The Labute approximate surface area is 236 Å². The molecule has 0 fully saturated rings. The van der Waals surface area contributed by atoms with E-state index >= 15 is 0 Å². The minimum Gasteiger partial charge on any atom is -0.358 e. The minimum atomic E-state index is 0.646. The molecule has 3 N–H and O–H groups in total. The van der Waals surface area contributed by atoms with Crippen LogP contribution in [-0.4, -0.2) is 25.1 Å². The van der Waals surface area contributed by atoms with Gasteiger partial charge in [-0.15, -0.1) is 11.3 Å². The first-order valence-electron chi connectivity index (χ1n) is 12.8. The largest absolute Gasteiger partial charge is 0.358 e. The van der Waals surface area contributed by atoms with Crippen molar-refractivity contribution in [2.24, 2.45) is 0 Å². The third-order valence-corrected chi connectivity index (χ3v) is 7.43. The molecule has 0 spiro atoms. The number of aromatic nitrogens is 5. The van der Waals surface area contributed by atoms with Crippen LogP contribution < -0.4 is 10.6 Å². The number of hydrogen-bond acceptors (Lipinski definition) is 7. The standard InChI is InChI=1S/C32H27N7S/c1-20(16-23-8-5-4-6-9-23)35-25-17-24(18-33-19-25)27-11-12-28-32(37-27)31(39-38-28)22(3)36-26-13-14-34-30(21(26)2)29-10-7-15-40-29/h4-15,17-19,35H,1,3,16H2,2H3,(H,34,36)(H,38,39). The number of nitrogens with one attached hydrogen (secondary N) is 3. The van der Waals surface area contributed by atoms with Gasteiger partial charge in [-0.3, -0.25) is 15.1 Å². The van der Waals surface area contributed by atoms with E-state index in [1.54, 1.807) is 29.9 Å². The van der Waals surface area contributed by atoms with Crippen LogP contribution in [0.15, 0.2) is 110 Å². The number of allylic oxidation sites excluding steroid dienone is 1. The van der Waals surface area contributed by atoms with Crippen molar-refractivity contribution in [3.63, 3.8) is 0 Å². The second-order valence-electron chi connectivity index (χ2n) is 9.43. The van der Waals surface area contributed by atoms with Crippen molar-refractivity contribution >= 4 is 39.4 Å². The number of pyridine rings is 3. The highest BCUT2D eigenvalue weighted by Crippen LogP contribution is 2.32. The number of rotatable bonds is 9. The highest BCUT2D eigenvalue weighted by atomic mass is 32.1. The zero-order valence-corrected chi connectivity index (χ0v) is 22.8. The molecule has 0 atom stereocenters. The van der Waals surface area contributed by atoms with E-state index in [-0.39, 0.29) is 0 Å². The van der Waals surface area contributed by atoms with Crippen molar-refractivity contribution in [1.82, 2.24) is 25.1 Å². The van der Waals surface area contributed by atoms with E-state index in [9.17, 15) is 0 Å². The maximum absolute atomic E-state index is 4.94. The van der Waals surface area contributed by atoms with Gasteiger partial charge in [0.1, 0.15) is 11.2 Å². The minimum absolute atomic E-state index is 0.646. The molecule has 196 valence electrons. The summed E-state index contributed by atoms with van der Waals surface area (Å²) in [5.74, 6) is 0. The fourth-order valence-electron chi connectivity index (χ4n) is 4.56. The monoisotopic (exact) mass is 541 g/mol. The Bertz CT molecular complexity index is 1820. The smallest absolute Gasteiger partial charge is 0.134 e. The molecule has 1 aromatic carbocycles. The number of anilines is 2. The molecule has 0 amide bonds. The molecule has 0 aliphatic rings. The molecule has 5 aromatic heterocycles. The highest BCUT2D eigenvalue weighted by molar-refractivity contribution is 7.13. The van der Waals surface area contributed by atoms with E-state index in [1.807, 2.05) is 48.5 Å². The van der Waals surface area contributed by atoms with E-state index in [1.165, 1.54) is 5.56 Å². The summed E-state index contributed by atoms with van der Waals surface area (Å²) in [6, 6.07) is 22.3. The molecule has 6 rings (SSSR count). The number of thiophene rings is 1. The number of nitrogens with zero attached hydrogens (tertiary/aromatic N) is 4. The molecule has 8 heteroatoms. The Balaban J connectivity index is 1.24. The van der Waals surface area contributed by atoms with Crippen molar-refractivity contribution in [2.75, 3.05) is 10.6 Å². The van der Waals surface area contributed by atoms with Gasteiger partial charge in [-0.1, -0.05) is 49.6 Å². The van der Waals surface area contributed by atoms with Crippen LogP contribution in [0.4, 0.5) is 11.4 Å². The average molecular weight is 542 g/mol. The molecule has 6 aromatic rings. The Morgan fingerprint density at radius 3 is 2.67 bits per heavy atom. The summed E-state index contributed by atoms with van der Waals surface area (Å²) in [7, 11) is 0. The summed E-state index contributed by atoms with van der Waals surface area (Å²) < 4.78 is 0. The van der Waals surface area contributed by atoms with Crippen LogP contribution in [0.5, 0.6) is 0 Å². The van der Waals surface area contributed by atoms with Crippen LogP contribution >= 0.6 is 11.3 Å². The fraction of sp³-hybridized carbons (Fsp3) is 0.0625. The maximum atomic E-state index is 4.94. The summed E-state index contributed by atoms with van der Waals surface area (Å²) >= 11 is 1.67. The second kappa shape index (κ2) is 11.0. The molecule has 0 saturated carbocycles. The van der Waals surface area contributed by atoms with E-state index in [0.29, 0.717) is 11.4 Å². The van der Waals surface area contributed by atoms with Crippen LogP contribution in [0, 0.1) is 6.92 Å². The van der Waals surface area contributed by atoms with Gasteiger partial charge in [-0.25, -0.2) is 4.98 Å². The first-order valence-corrected chi connectivity index (χ1v) is 13.7. The first kappa shape index (κ1) is 25.2. The summed E-state index contributed by atoms with van der Waals surface area (Å²) in [6.07, 6.45) is 6.13. The Morgan fingerprint density at radius 2 is 1.85 bits per heavy atom.